The van der Waals surface area contributed by atoms with Gasteiger partial charge in [-0.3, -0.25) is 10.1 Å². The van der Waals surface area contributed by atoms with Crippen molar-refractivity contribution in [3.63, 3.8) is 0 Å². The molecule has 0 unspecified atom stereocenters. The molecule has 0 radical (unpaired) electrons. The lowest BCUT2D eigenvalue weighted by Gasteiger charge is -2.13. The highest BCUT2D eigenvalue weighted by Crippen LogP contribution is 2.23. The summed E-state index contributed by atoms with van der Waals surface area (Å²) >= 11 is 5.26. The predicted octanol–water partition coefficient (Wildman–Crippen LogP) is 4.67. The highest BCUT2D eigenvalue weighted by molar-refractivity contribution is 7.80. The molecule has 6 nitrogen and oxygen atoms in total. The molecular weight excluding hydrogens is 412 g/mol. The highest BCUT2D eigenvalue weighted by Gasteiger charge is 2.10. The van der Waals surface area contributed by atoms with Crippen molar-refractivity contribution in [1.82, 2.24) is 5.32 Å². The normalized spacial score (nSPS) is 10.1. The van der Waals surface area contributed by atoms with Crippen LogP contribution in [0.3, 0.4) is 0 Å². The lowest BCUT2D eigenvalue weighted by molar-refractivity contribution is 0.0977. The Morgan fingerprint density at radius 3 is 2.10 bits per heavy atom. The van der Waals surface area contributed by atoms with Gasteiger partial charge >= 0.3 is 0 Å². The number of anilines is 1. The van der Waals surface area contributed by atoms with Gasteiger partial charge in [0.05, 0.1) is 12.3 Å². The van der Waals surface area contributed by atoms with E-state index in [9.17, 15) is 4.79 Å². The van der Waals surface area contributed by atoms with Crippen molar-refractivity contribution in [3.05, 3.63) is 84.4 Å². The van der Waals surface area contributed by atoms with Crippen LogP contribution in [0.4, 0.5) is 5.69 Å². The fourth-order valence-electron chi connectivity index (χ4n) is 2.72. The van der Waals surface area contributed by atoms with Crippen molar-refractivity contribution in [2.24, 2.45) is 0 Å². The highest BCUT2D eigenvalue weighted by atomic mass is 32.1. The minimum Gasteiger partial charge on any atom is -0.492 e. The molecule has 0 aliphatic heterocycles. The molecule has 3 aromatic carbocycles. The van der Waals surface area contributed by atoms with Gasteiger partial charge in [-0.25, -0.2) is 0 Å². The number of amides is 1. The van der Waals surface area contributed by atoms with Crippen LogP contribution in [0.1, 0.15) is 17.3 Å². The van der Waals surface area contributed by atoms with Crippen LogP contribution in [0.5, 0.6) is 17.2 Å². The first-order valence-electron chi connectivity index (χ1n) is 9.90. The van der Waals surface area contributed by atoms with Crippen LogP contribution in [-0.2, 0) is 0 Å². The lowest BCUT2D eigenvalue weighted by atomic mass is 10.2. The fraction of sp³-hybridized carbons (Fsp3) is 0.167. The quantitative estimate of drug-likeness (QED) is 0.375. The third-order valence-electron chi connectivity index (χ3n) is 4.14. The van der Waals surface area contributed by atoms with Crippen LogP contribution in [0, 0.1) is 0 Å². The number of ether oxygens (including phenoxy) is 3. The molecule has 3 rings (SSSR count). The molecule has 0 heterocycles. The number of hydrogen-bond acceptors (Lipinski definition) is 5. The Kier molecular flexibility index (Phi) is 8.25. The first-order valence-corrected chi connectivity index (χ1v) is 10.3. The minimum atomic E-state index is -0.314. The molecule has 2 N–H and O–H groups in total. The van der Waals surface area contributed by atoms with Crippen molar-refractivity contribution in [2.75, 3.05) is 25.1 Å². The molecule has 31 heavy (non-hydrogen) atoms. The molecule has 0 saturated carbocycles. The topological polar surface area (TPSA) is 68.8 Å². The van der Waals surface area contributed by atoms with E-state index in [4.69, 9.17) is 26.4 Å². The molecule has 0 bridgehead atoms. The number of para-hydroxylation sites is 3. The van der Waals surface area contributed by atoms with Gasteiger partial charge in [-0.05, 0) is 67.7 Å². The van der Waals surface area contributed by atoms with E-state index in [-0.39, 0.29) is 11.0 Å². The molecular formula is C24H24N2O4S. The molecule has 1 amide bonds. The first kappa shape index (κ1) is 22.1. The average molecular weight is 437 g/mol. The number of carbonyl (C=O) groups excluding carboxylic acids is 1. The Hall–Kier alpha value is -3.58. The number of nitrogens with one attached hydrogen (secondary N) is 2. The van der Waals surface area contributed by atoms with E-state index in [1.54, 1.807) is 24.3 Å². The minimum absolute atomic E-state index is 0.190. The van der Waals surface area contributed by atoms with Crippen LogP contribution in [0.15, 0.2) is 78.9 Å². The number of carbonyl (C=O) groups is 1. The molecule has 0 aromatic heterocycles. The van der Waals surface area contributed by atoms with Crippen LogP contribution < -0.4 is 24.8 Å². The number of thiocarbonyl (C=S) groups is 1. The van der Waals surface area contributed by atoms with Gasteiger partial charge in [0.25, 0.3) is 5.91 Å². The van der Waals surface area contributed by atoms with Crippen LogP contribution >= 0.6 is 12.2 Å². The molecule has 160 valence electrons. The Morgan fingerprint density at radius 1 is 0.806 bits per heavy atom. The van der Waals surface area contributed by atoms with Gasteiger partial charge in [0, 0.05) is 5.56 Å². The zero-order chi connectivity index (χ0) is 21.9. The summed E-state index contributed by atoms with van der Waals surface area (Å²) in [5, 5.41) is 5.85. The molecule has 0 fully saturated rings. The standard InChI is InChI=1S/C24H24N2O4S/c1-2-28-22-11-7-6-10-21(22)25-24(31)26-23(27)18-12-14-20(15-13-18)30-17-16-29-19-8-4-3-5-9-19/h3-15H,2,16-17H2,1H3,(H2,25,26,27,31). The van der Waals surface area contributed by atoms with E-state index in [0.717, 1.165) is 5.75 Å². The van der Waals surface area contributed by atoms with Crippen LogP contribution in [-0.4, -0.2) is 30.8 Å². The first-order chi connectivity index (χ1) is 15.2. The molecule has 0 saturated heterocycles. The SMILES string of the molecule is CCOc1ccccc1NC(=S)NC(=O)c1ccc(OCCOc2ccccc2)cc1. The Labute approximate surface area is 187 Å². The maximum Gasteiger partial charge on any atom is 0.257 e. The third kappa shape index (κ3) is 7.01. The van der Waals surface area contributed by atoms with Gasteiger partial charge < -0.3 is 19.5 Å². The Bertz CT molecular complexity index is 994. The van der Waals surface area contributed by atoms with Gasteiger partial charge in [-0.15, -0.1) is 0 Å². The summed E-state index contributed by atoms with van der Waals surface area (Å²) in [6, 6.07) is 23.8. The van der Waals surface area contributed by atoms with Gasteiger partial charge in [-0.2, -0.15) is 0 Å². The third-order valence-corrected chi connectivity index (χ3v) is 4.35. The smallest absolute Gasteiger partial charge is 0.257 e. The lowest BCUT2D eigenvalue weighted by Crippen LogP contribution is -2.34. The van der Waals surface area contributed by atoms with Gasteiger partial charge in [0.1, 0.15) is 30.5 Å². The van der Waals surface area contributed by atoms with E-state index in [2.05, 4.69) is 10.6 Å². The molecule has 0 aliphatic rings. The van der Waals surface area contributed by atoms with E-state index in [0.29, 0.717) is 42.6 Å². The van der Waals surface area contributed by atoms with Crippen molar-refractivity contribution < 1.29 is 19.0 Å². The second-order valence-corrected chi connectivity index (χ2v) is 6.78. The summed E-state index contributed by atoms with van der Waals surface area (Å²) in [5.41, 5.74) is 1.16. The second-order valence-electron chi connectivity index (χ2n) is 6.37. The zero-order valence-electron chi connectivity index (χ0n) is 17.2. The van der Waals surface area contributed by atoms with Crippen LogP contribution in [0.25, 0.3) is 0 Å². The number of rotatable bonds is 9. The van der Waals surface area contributed by atoms with Gasteiger partial charge in [0.2, 0.25) is 0 Å². The van der Waals surface area contributed by atoms with Gasteiger partial charge in [-0.1, -0.05) is 30.3 Å². The molecule has 7 heteroatoms. The summed E-state index contributed by atoms with van der Waals surface area (Å²) in [4.78, 5) is 12.5. The molecule has 3 aromatic rings. The molecule has 0 atom stereocenters. The predicted molar refractivity (Wildman–Crippen MR) is 125 cm³/mol. The molecule has 0 aliphatic carbocycles. The fourth-order valence-corrected chi connectivity index (χ4v) is 2.92. The van der Waals surface area contributed by atoms with Crippen molar-refractivity contribution >= 4 is 28.9 Å². The summed E-state index contributed by atoms with van der Waals surface area (Å²) in [5.74, 6) is 1.80. The number of benzene rings is 3. The Balaban J connectivity index is 1.46. The summed E-state index contributed by atoms with van der Waals surface area (Å²) < 4.78 is 16.8. The monoisotopic (exact) mass is 436 g/mol. The van der Waals surface area contributed by atoms with E-state index in [1.165, 1.54) is 0 Å². The zero-order valence-corrected chi connectivity index (χ0v) is 18.0. The Morgan fingerprint density at radius 2 is 1.42 bits per heavy atom. The maximum absolute atomic E-state index is 12.5. The van der Waals surface area contributed by atoms with Crippen molar-refractivity contribution in [3.8, 4) is 17.2 Å². The number of hydrogen-bond donors (Lipinski definition) is 2. The molecule has 0 spiro atoms. The van der Waals surface area contributed by atoms with E-state index >= 15 is 0 Å². The second kappa shape index (κ2) is 11.6. The van der Waals surface area contributed by atoms with E-state index in [1.807, 2.05) is 61.5 Å². The van der Waals surface area contributed by atoms with E-state index < -0.39 is 0 Å². The van der Waals surface area contributed by atoms with Crippen molar-refractivity contribution in [2.45, 2.75) is 6.92 Å². The van der Waals surface area contributed by atoms with Gasteiger partial charge in [0.15, 0.2) is 5.11 Å². The van der Waals surface area contributed by atoms with Crippen molar-refractivity contribution in [1.29, 1.82) is 0 Å². The largest absolute Gasteiger partial charge is 0.492 e. The van der Waals surface area contributed by atoms with Crippen LogP contribution in [0.2, 0.25) is 0 Å². The summed E-state index contributed by atoms with van der Waals surface area (Å²) in [6.07, 6.45) is 0. The average Bonchev–Trinajstić information content (AvgIpc) is 2.79. The summed E-state index contributed by atoms with van der Waals surface area (Å²) in [6.45, 7) is 3.26. The maximum atomic E-state index is 12.5. The summed E-state index contributed by atoms with van der Waals surface area (Å²) in [7, 11) is 0.